The summed E-state index contributed by atoms with van der Waals surface area (Å²) in [4.78, 5) is 16.2. The minimum Gasteiger partial charge on any atom is -0.481 e. The summed E-state index contributed by atoms with van der Waals surface area (Å²) < 4.78 is 0. The number of carboxylic acid groups (broad SMARTS) is 1. The molecule has 2 fully saturated rings. The van der Waals surface area contributed by atoms with E-state index in [9.17, 15) is 15.0 Å². The molecule has 2 saturated carbocycles. The van der Waals surface area contributed by atoms with Gasteiger partial charge in [-0.2, -0.15) is 0 Å². The molecule has 0 saturated heterocycles. The molecule has 0 aliphatic heterocycles. The van der Waals surface area contributed by atoms with Crippen molar-refractivity contribution in [3.05, 3.63) is 47.8 Å². The fourth-order valence-electron chi connectivity index (χ4n) is 7.74. The molecule has 5 rings (SSSR count). The van der Waals surface area contributed by atoms with Gasteiger partial charge in [0.05, 0.1) is 12.5 Å². The van der Waals surface area contributed by atoms with Gasteiger partial charge in [0.15, 0.2) is 0 Å². The Morgan fingerprint density at radius 1 is 1.20 bits per heavy atom. The lowest BCUT2D eigenvalue weighted by Gasteiger charge is -2.59. The van der Waals surface area contributed by atoms with Gasteiger partial charge in [-0.05, 0) is 90.2 Å². The summed E-state index contributed by atoms with van der Waals surface area (Å²) in [5.41, 5.74) is 4.14. The number of nitrogens with zero attached hydrogens (tertiary/aromatic N) is 1. The second-order valence-corrected chi connectivity index (χ2v) is 10.6. The summed E-state index contributed by atoms with van der Waals surface area (Å²) >= 11 is 0. The number of aromatic nitrogens is 1. The van der Waals surface area contributed by atoms with Gasteiger partial charge < -0.3 is 10.2 Å². The maximum Gasteiger partial charge on any atom is 0.303 e. The topological polar surface area (TPSA) is 70.4 Å². The average molecular weight is 408 g/mol. The number of aliphatic carboxylic acids is 1. The standard InChI is InChI=1S/C26H33NO3/c1-25-9-7-19(28)14-18(25)12-17(13-23(29)30)24-21-6-5-20(16-4-3-11-27-15-16)26(21,2)10-8-22(24)25/h3-5,11-12,15,17,19,21-22,24,28H,6-10,13-14H2,1-2H3,(H,29,30)/t17-,19+,21+,22+,24+,25+,26-/m1/s1. The van der Waals surface area contributed by atoms with Crippen molar-refractivity contribution in [1.29, 1.82) is 0 Å². The minimum absolute atomic E-state index is 0.0622. The maximum absolute atomic E-state index is 11.8. The summed E-state index contributed by atoms with van der Waals surface area (Å²) in [6, 6.07) is 4.17. The molecule has 30 heavy (non-hydrogen) atoms. The first-order valence-corrected chi connectivity index (χ1v) is 11.5. The average Bonchev–Trinajstić information content (AvgIpc) is 3.06. The second kappa shape index (κ2) is 7.05. The molecule has 4 aliphatic carbocycles. The van der Waals surface area contributed by atoms with Gasteiger partial charge in [0.1, 0.15) is 0 Å². The Kier molecular flexibility index (Phi) is 4.70. The largest absolute Gasteiger partial charge is 0.481 e. The molecular formula is C26H33NO3. The number of pyridine rings is 1. The van der Waals surface area contributed by atoms with E-state index in [1.54, 1.807) is 0 Å². The van der Waals surface area contributed by atoms with Crippen molar-refractivity contribution >= 4 is 11.5 Å². The van der Waals surface area contributed by atoms with Gasteiger partial charge in [-0.1, -0.05) is 37.6 Å². The first-order valence-electron chi connectivity index (χ1n) is 11.5. The van der Waals surface area contributed by atoms with E-state index in [0.29, 0.717) is 17.8 Å². The third kappa shape index (κ3) is 2.90. The Bertz CT molecular complexity index is 906. The van der Waals surface area contributed by atoms with Gasteiger partial charge in [0.25, 0.3) is 0 Å². The number of rotatable bonds is 3. The highest BCUT2D eigenvalue weighted by Gasteiger charge is 2.59. The van der Waals surface area contributed by atoms with Crippen molar-refractivity contribution in [2.24, 2.45) is 34.5 Å². The molecule has 4 heteroatoms. The van der Waals surface area contributed by atoms with Crippen LogP contribution in [0.25, 0.3) is 5.57 Å². The zero-order valence-electron chi connectivity index (χ0n) is 18.1. The van der Waals surface area contributed by atoms with E-state index in [4.69, 9.17) is 0 Å². The lowest BCUT2D eigenvalue weighted by Crippen LogP contribution is -2.52. The van der Waals surface area contributed by atoms with Crippen LogP contribution in [0.5, 0.6) is 0 Å². The number of aliphatic hydroxyl groups excluding tert-OH is 1. The molecule has 1 aromatic heterocycles. The lowest BCUT2D eigenvalue weighted by molar-refractivity contribution is -0.139. The van der Waals surface area contributed by atoms with E-state index in [1.807, 2.05) is 18.5 Å². The Morgan fingerprint density at radius 3 is 2.73 bits per heavy atom. The highest BCUT2D eigenvalue weighted by molar-refractivity contribution is 5.72. The molecular weight excluding hydrogens is 374 g/mol. The molecule has 1 heterocycles. The number of fused-ring (bicyclic) bond motifs is 5. The Labute approximate surface area is 179 Å². The van der Waals surface area contributed by atoms with Gasteiger partial charge in [0, 0.05) is 12.4 Å². The van der Waals surface area contributed by atoms with Crippen LogP contribution < -0.4 is 0 Å². The van der Waals surface area contributed by atoms with Crippen molar-refractivity contribution in [2.45, 2.75) is 64.9 Å². The van der Waals surface area contributed by atoms with Crippen LogP contribution in [0.4, 0.5) is 0 Å². The molecule has 0 spiro atoms. The molecule has 160 valence electrons. The summed E-state index contributed by atoms with van der Waals surface area (Å²) in [5, 5.41) is 20.0. The maximum atomic E-state index is 11.8. The van der Waals surface area contributed by atoms with Gasteiger partial charge in [-0.3, -0.25) is 9.78 Å². The first kappa shape index (κ1) is 20.0. The molecule has 4 nitrogen and oxygen atoms in total. The number of carboxylic acids is 1. The summed E-state index contributed by atoms with van der Waals surface area (Å²) in [6.45, 7) is 4.80. The van der Waals surface area contributed by atoms with Crippen molar-refractivity contribution < 1.29 is 15.0 Å². The molecule has 0 aromatic carbocycles. The van der Waals surface area contributed by atoms with Gasteiger partial charge in [0.2, 0.25) is 0 Å². The Morgan fingerprint density at radius 2 is 2.00 bits per heavy atom. The summed E-state index contributed by atoms with van der Waals surface area (Å²) in [7, 11) is 0. The van der Waals surface area contributed by atoms with E-state index in [2.05, 4.69) is 37.0 Å². The smallest absolute Gasteiger partial charge is 0.303 e. The number of allylic oxidation sites excluding steroid dienone is 3. The van der Waals surface area contributed by atoms with Crippen molar-refractivity contribution in [3.8, 4) is 0 Å². The van der Waals surface area contributed by atoms with E-state index in [-0.39, 0.29) is 29.3 Å². The minimum atomic E-state index is -0.707. The monoisotopic (exact) mass is 407 g/mol. The van der Waals surface area contributed by atoms with Crippen molar-refractivity contribution in [3.63, 3.8) is 0 Å². The Hall–Kier alpha value is -1.94. The second-order valence-electron chi connectivity index (χ2n) is 10.6. The predicted octanol–water partition coefficient (Wildman–Crippen LogP) is 5.10. The quantitative estimate of drug-likeness (QED) is 0.684. The van der Waals surface area contributed by atoms with Crippen LogP contribution in [0.3, 0.4) is 0 Å². The zero-order chi connectivity index (χ0) is 21.1. The normalized spacial score (nSPS) is 42.4. The van der Waals surface area contributed by atoms with E-state index >= 15 is 0 Å². The van der Waals surface area contributed by atoms with Crippen molar-refractivity contribution in [1.82, 2.24) is 4.98 Å². The Balaban J connectivity index is 1.55. The molecule has 0 bridgehead atoms. The first-order chi connectivity index (χ1) is 14.3. The third-order valence-corrected chi connectivity index (χ3v) is 9.21. The molecule has 7 atom stereocenters. The fourth-order valence-corrected chi connectivity index (χ4v) is 7.74. The van der Waals surface area contributed by atoms with Crippen LogP contribution in [0.1, 0.15) is 64.4 Å². The number of aliphatic hydroxyl groups is 1. The van der Waals surface area contributed by atoms with Crippen molar-refractivity contribution in [2.75, 3.05) is 0 Å². The zero-order valence-corrected chi connectivity index (χ0v) is 18.1. The van der Waals surface area contributed by atoms with Gasteiger partial charge in [-0.25, -0.2) is 0 Å². The molecule has 0 unspecified atom stereocenters. The SMILES string of the molecule is C[C@]12CC[C@H](O)CC1=C[C@H](CC(=O)O)[C@@H]1[C@@H]2CC[C@]2(C)C(c3cccnc3)=CC[C@@H]12. The van der Waals surface area contributed by atoms with Crippen LogP contribution in [0, 0.1) is 34.5 Å². The highest BCUT2D eigenvalue weighted by Crippen LogP contribution is 2.67. The third-order valence-electron chi connectivity index (χ3n) is 9.21. The number of hydrogen-bond donors (Lipinski definition) is 2. The van der Waals surface area contributed by atoms with E-state index < -0.39 is 5.97 Å². The molecule has 4 aliphatic rings. The highest BCUT2D eigenvalue weighted by atomic mass is 16.4. The fraction of sp³-hybridized carbons (Fsp3) is 0.615. The van der Waals surface area contributed by atoms with Crippen LogP contribution in [-0.2, 0) is 4.79 Å². The molecule has 1 aromatic rings. The van der Waals surface area contributed by atoms with Gasteiger partial charge >= 0.3 is 5.97 Å². The summed E-state index contributed by atoms with van der Waals surface area (Å²) in [5.74, 6) is 0.717. The molecule has 0 amide bonds. The molecule has 2 N–H and O–H groups in total. The van der Waals surface area contributed by atoms with Gasteiger partial charge in [-0.15, -0.1) is 0 Å². The van der Waals surface area contributed by atoms with Crippen LogP contribution >= 0.6 is 0 Å². The number of hydrogen-bond acceptors (Lipinski definition) is 3. The van der Waals surface area contributed by atoms with E-state index in [1.165, 1.54) is 16.7 Å². The van der Waals surface area contributed by atoms with Crippen LogP contribution in [0.15, 0.2) is 42.3 Å². The van der Waals surface area contributed by atoms with E-state index in [0.717, 1.165) is 38.5 Å². The van der Waals surface area contributed by atoms with Crippen LogP contribution in [0.2, 0.25) is 0 Å². The van der Waals surface area contributed by atoms with Crippen LogP contribution in [-0.4, -0.2) is 27.3 Å². The summed E-state index contributed by atoms with van der Waals surface area (Å²) in [6.07, 6.45) is 14.3. The number of carbonyl (C=O) groups is 1. The predicted molar refractivity (Wildman–Crippen MR) is 116 cm³/mol. The molecule has 0 radical (unpaired) electrons. The lowest BCUT2D eigenvalue weighted by atomic mass is 9.45.